The number of nitrogens with zero attached hydrogens (tertiary/aromatic N) is 1. The van der Waals surface area contributed by atoms with Gasteiger partial charge < -0.3 is 15.3 Å². The van der Waals surface area contributed by atoms with Gasteiger partial charge >= 0.3 is 12.0 Å². The highest BCUT2D eigenvalue weighted by Crippen LogP contribution is 2.25. The van der Waals surface area contributed by atoms with Gasteiger partial charge in [0.15, 0.2) is 0 Å². The molecule has 0 aliphatic carbocycles. The number of carboxylic acid groups (broad SMARTS) is 1. The molecule has 2 N–H and O–H groups in total. The van der Waals surface area contributed by atoms with Gasteiger partial charge in [-0.25, -0.2) is 4.79 Å². The molecule has 2 rings (SSSR count). The molecule has 0 spiro atoms. The van der Waals surface area contributed by atoms with E-state index in [0.29, 0.717) is 6.54 Å². The van der Waals surface area contributed by atoms with Gasteiger partial charge in [-0.05, 0) is 30.9 Å². The first kappa shape index (κ1) is 14.4. The van der Waals surface area contributed by atoms with Crippen LogP contribution < -0.4 is 5.32 Å². The molecule has 1 aromatic carbocycles. The minimum Gasteiger partial charge on any atom is -0.481 e. The monoisotopic (exact) mass is 276 g/mol. The summed E-state index contributed by atoms with van der Waals surface area (Å²) in [7, 11) is 0. The molecule has 1 aliphatic heterocycles. The topological polar surface area (TPSA) is 69.6 Å². The van der Waals surface area contributed by atoms with Crippen LogP contribution in [-0.2, 0) is 4.79 Å². The predicted octanol–water partition coefficient (Wildman–Crippen LogP) is 2.49. The Morgan fingerprint density at radius 2 is 1.85 bits per heavy atom. The highest BCUT2D eigenvalue weighted by molar-refractivity contribution is 5.91. The first-order chi connectivity index (χ1) is 9.40. The van der Waals surface area contributed by atoms with Crippen LogP contribution in [0.5, 0.6) is 0 Å². The van der Waals surface area contributed by atoms with E-state index in [1.807, 2.05) is 39.0 Å². The van der Waals surface area contributed by atoms with Crippen LogP contribution in [0.3, 0.4) is 0 Å². The second-order valence-electron chi connectivity index (χ2n) is 5.52. The summed E-state index contributed by atoms with van der Waals surface area (Å²) in [5, 5.41) is 12.0. The Bertz CT molecular complexity index is 522. The number of aryl methyl sites for hydroxylation is 2. The summed E-state index contributed by atoms with van der Waals surface area (Å²) in [6.45, 7) is 6.50. The van der Waals surface area contributed by atoms with E-state index in [0.717, 1.165) is 16.8 Å². The molecule has 2 amide bonds. The highest BCUT2D eigenvalue weighted by Gasteiger charge is 2.37. The second kappa shape index (κ2) is 5.53. The number of amides is 2. The lowest BCUT2D eigenvalue weighted by atomic mass is 9.99. The summed E-state index contributed by atoms with van der Waals surface area (Å²) in [5.41, 5.74) is 2.81. The fourth-order valence-corrected chi connectivity index (χ4v) is 2.65. The number of urea groups is 1. The zero-order valence-corrected chi connectivity index (χ0v) is 12.0. The maximum atomic E-state index is 12.3. The van der Waals surface area contributed by atoms with Gasteiger partial charge in [0.25, 0.3) is 0 Å². The van der Waals surface area contributed by atoms with Gasteiger partial charge in [-0.15, -0.1) is 0 Å². The smallest absolute Gasteiger partial charge is 0.321 e. The molecule has 0 unspecified atom stereocenters. The number of nitrogens with one attached hydrogen (secondary N) is 1. The molecule has 1 aliphatic rings. The van der Waals surface area contributed by atoms with Crippen molar-refractivity contribution >= 4 is 17.7 Å². The summed E-state index contributed by atoms with van der Waals surface area (Å²) < 4.78 is 0. The van der Waals surface area contributed by atoms with Gasteiger partial charge in [-0.1, -0.05) is 25.1 Å². The lowest BCUT2D eigenvalue weighted by Gasteiger charge is -2.19. The fourth-order valence-electron chi connectivity index (χ4n) is 2.65. The lowest BCUT2D eigenvalue weighted by molar-refractivity contribution is -0.142. The Morgan fingerprint density at radius 3 is 2.35 bits per heavy atom. The molecule has 20 heavy (non-hydrogen) atoms. The summed E-state index contributed by atoms with van der Waals surface area (Å²) in [6, 6.07) is 5.60. The van der Waals surface area contributed by atoms with Crippen LogP contribution in [0.1, 0.15) is 18.1 Å². The van der Waals surface area contributed by atoms with E-state index in [-0.39, 0.29) is 18.5 Å². The third-order valence-corrected chi connectivity index (χ3v) is 3.93. The Kier molecular flexibility index (Phi) is 3.97. The molecule has 1 saturated heterocycles. The van der Waals surface area contributed by atoms with Crippen LogP contribution in [0.4, 0.5) is 10.5 Å². The third-order valence-electron chi connectivity index (χ3n) is 3.93. The number of anilines is 1. The predicted molar refractivity (Wildman–Crippen MR) is 76.8 cm³/mol. The first-order valence-electron chi connectivity index (χ1n) is 6.75. The average molecular weight is 276 g/mol. The number of carbonyl (C=O) groups excluding carboxylic acids is 1. The van der Waals surface area contributed by atoms with Crippen LogP contribution >= 0.6 is 0 Å². The van der Waals surface area contributed by atoms with Crippen molar-refractivity contribution in [3.8, 4) is 0 Å². The van der Waals surface area contributed by atoms with E-state index >= 15 is 0 Å². The van der Waals surface area contributed by atoms with Crippen molar-refractivity contribution in [2.45, 2.75) is 20.8 Å². The number of aliphatic carboxylic acids is 1. The molecule has 108 valence electrons. The minimum atomic E-state index is -0.833. The van der Waals surface area contributed by atoms with E-state index in [2.05, 4.69) is 5.32 Å². The molecule has 2 atom stereocenters. The van der Waals surface area contributed by atoms with Crippen LogP contribution in [-0.4, -0.2) is 35.1 Å². The van der Waals surface area contributed by atoms with E-state index in [1.165, 1.54) is 0 Å². The molecule has 5 nitrogen and oxygen atoms in total. The van der Waals surface area contributed by atoms with Gasteiger partial charge in [0.1, 0.15) is 0 Å². The van der Waals surface area contributed by atoms with E-state index in [1.54, 1.807) is 4.90 Å². The maximum Gasteiger partial charge on any atom is 0.321 e. The van der Waals surface area contributed by atoms with Crippen molar-refractivity contribution in [3.63, 3.8) is 0 Å². The summed E-state index contributed by atoms with van der Waals surface area (Å²) in [6.07, 6.45) is 0. The molecule has 0 aromatic heterocycles. The molecular weight excluding hydrogens is 256 g/mol. The maximum absolute atomic E-state index is 12.3. The number of hydrogen-bond acceptors (Lipinski definition) is 2. The zero-order chi connectivity index (χ0) is 14.9. The highest BCUT2D eigenvalue weighted by atomic mass is 16.4. The standard InChI is InChI=1S/C15H20N2O3/c1-9-5-4-6-10(2)13(9)16-15(20)17-7-11(3)12(8-17)14(18)19/h4-6,11-12H,7-8H2,1-3H3,(H,16,20)(H,18,19)/t11-,12-/m1/s1. The van der Waals surface area contributed by atoms with E-state index in [4.69, 9.17) is 5.11 Å². The van der Waals surface area contributed by atoms with Crippen LogP contribution in [0.2, 0.25) is 0 Å². The third kappa shape index (κ3) is 2.76. The second-order valence-corrected chi connectivity index (χ2v) is 5.52. The Balaban J connectivity index is 2.08. The van der Waals surface area contributed by atoms with Crippen LogP contribution in [0.25, 0.3) is 0 Å². The molecule has 1 aromatic rings. The van der Waals surface area contributed by atoms with Gasteiger partial charge in [0.2, 0.25) is 0 Å². The molecule has 0 radical (unpaired) electrons. The first-order valence-corrected chi connectivity index (χ1v) is 6.75. The van der Waals surface area contributed by atoms with Gasteiger partial charge in [0, 0.05) is 18.8 Å². The van der Waals surface area contributed by atoms with Gasteiger partial charge in [0.05, 0.1) is 5.92 Å². The normalized spacial score (nSPS) is 21.9. The van der Waals surface area contributed by atoms with Crippen molar-refractivity contribution in [1.82, 2.24) is 4.90 Å². The molecule has 5 heteroatoms. The van der Waals surface area contributed by atoms with Crippen LogP contribution in [0.15, 0.2) is 18.2 Å². The van der Waals surface area contributed by atoms with Crippen molar-refractivity contribution < 1.29 is 14.7 Å². The number of benzene rings is 1. The molecular formula is C15H20N2O3. The summed E-state index contributed by atoms with van der Waals surface area (Å²) in [4.78, 5) is 24.9. The van der Waals surface area contributed by atoms with E-state index < -0.39 is 11.9 Å². The largest absolute Gasteiger partial charge is 0.481 e. The Hall–Kier alpha value is -2.04. The molecule has 1 heterocycles. The molecule has 0 bridgehead atoms. The van der Waals surface area contributed by atoms with Crippen molar-refractivity contribution in [1.29, 1.82) is 0 Å². The fraction of sp³-hybridized carbons (Fsp3) is 0.467. The summed E-state index contributed by atoms with van der Waals surface area (Å²) >= 11 is 0. The van der Waals surface area contributed by atoms with Crippen LogP contribution in [0, 0.1) is 25.7 Å². The quantitative estimate of drug-likeness (QED) is 0.872. The SMILES string of the molecule is Cc1cccc(C)c1NC(=O)N1C[C@@H](C)[C@H](C(=O)O)C1. The van der Waals surface area contributed by atoms with Crippen molar-refractivity contribution in [3.05, 3.63) is 29.3 Å². The molecule has 1 fully saturated rings. The molecule has 0 saturated carbocycles. The minimum absolute atomic E-state index is 0.0174. The number of likely N-dealkylation sites (tertiary alicyclic amines) is 1. The Labute approximate surface area is 118 Å². The zero-order valence-electron chi connectivity index (χ0n) is 12.0. The van der Waals surface area contributed by atoms with Gasteiger partial charge in [-0.3, -0.25) is 4.79 Å². The Morgan fingerprint density at radius 1 is 1.25 bits per heavy atom. The number of hydrogen-bond donors (Lipinski definition) is 2. The number of carbonyl (C=O) groups is 2. The van der Waals surface area contributed by atoms with Gasteiger partial charge in [-0.2, -0.15) is 0 Å². The number of carboxylic acids is 1. The average Bonchev–Trinajstić information content (AvgIpc) is 2.76. The summed E-state index contributed by atoms with van der Waals surface area (Å²) in [5.74, 6) is -1.32. The number of rotatable bonds is 2. The van der Waals surface area contributed by atoms with Crippen molar-refractivity contribution in [2.24, 2.45) is 11.8 Å². The number of para-hydroxylation sites is 1. The lowest BCUT2D eigenvalue weighted by Crippen LogP contribution is -2.34. The van der Waals surface area contributed by atoms with Crippen molar-refractivity contribution in [2.75, 3.05) is 18.4 Å². The van der Waals surface area contributed by atoms with E-state index in [9.17, 15) is 9.59 Å².